The van der Waals surface area contributed by atoms with Gasteiger partial charge in [0.2, 0.25) is 0 Å². The highest BCUT2D eigenvalue weighted by Crippen LogP contribution is 2.28. The molecule has 2 aromatic rings. The number of nitrogens with zero attached hydrogens (tertiary/aromatic N) is 2. The summed E-state index contributed by atoms with van der Waals surface area (Å²) in [6, 6.07) is 8.21. The van der Waals surface area contributed by atoms with Gasteiger partial charge in [-0.15, -0.1) is 0 Å². The third-order valence-corrected chi connectivity index (χ3v) is 4.69. The molecule has 1 aromatic heterocycles. The van der Waals surface area contributed by atoms with Crippen LogP contribution in [0.3, 0.4) is 0 Å². The zero-order chi connectivity index (χ0) is 15.1. The third kappa shape index (κ3) is 2.41. The Kier molecular flexibility index (Phi) is 3.22. The van der Waals surface area contributed by atoms with Crippen molar-refractivity contribution < 1.29 is 9.21 Å². The zero-order valence-electron chi connectivity index (χ0n) is 12.6. The maximum Gasteiger partial charge on any atom is 0.307 e. The molecule has 2 saturated heterocycles. The molecule has 3 atom stereocenters. The molecule has 2 unspecified atom stereocenters. The van der Waals surface area contributed by atoms with E-state index in [-0.39, 0.29) is 17.8 Å². The lowest BCUT2D eigenvalue weighted by Crippen LogP contribution is -2.43. The Morgan fingerprint density at radius 2 is 2.14 bits per heavy atom. The number of amides is 1. The van der Waals surface area contributed by atoms with Gasteiger partial charge in [-0.3, -0.25) is 4.79 Å². The Hall–Kier alpha value is -2.14. The minimum absolute atomic E-state index is 0.147. The summed E-state index contributed by atoms with van der Waals surface area (Å²) >= 11 is 0. The first-order valence-corrected chi connectivity index (χ1v) is 7.75. The van der Waals surface area contributed by atoms with Crippen molar-refractivity contribution in [1.82, 2.24) is 15.2 Å². The molecular formula is C17H19N3O2. The van der Waals surface area contributed by atoms with E-state index in [1.54, 1.807) is 6.20 Å². The summed E-state index contributed by atoms with van der Waals surface area (Å²) in [4.78, 5) is 18.8. The molecule has 2 aliphatic heterocycles. The van der Waals surface area contributed by atoms with Gasteiger partial charge in [-0.25, -0.2) is 4.98 Å². The number of rotatable bonds is 3. The lowest BCUT2D eigenvalue weighted by Gasteiger charge is -2.22. The molecule has 2 bridgehead atoms. The van der Waals surface area contributed by atoms with Gasteiger partial charge in [0.05, 0.1) is 6.20 Å². The van der Waals surface area contributed by atoms with Crippen molar-refractivity contribution in [1.29, 1.82) is 0 Å². The number of oxazole rings is 1. The van der Waals surface area contributed by atoms with Gasteiger partial charge >= 0.3 is 5.91 Å². The first kappa shape index (κ1) is 13.5. The van der Waals surface area contributed by atoms with E-state index in [2.05, 4.69) is 15.2 Å². The Labute approximate surface area is 129 Å². The number of benzene rings is 1. The van der Waals surface area contributed by atoms with Crippen molar-refractivity contribution in [3.8, 4) is 11.3 Å². The maximum absolute atomic E-state index is 12.3. The smallest absolute Gasteiger partial charge is 0.307 e. The fourth-order valence-corrected chi connectivity index (χ4v) is 3.41. The SMILES string of the molecule is Cc1ccc(-c2cnc(C(=O)NC3CN4CC[C@H]3C4)o2)cc1. The predicted octanol–water partition coefficient (Wildman–Crippen LogP) is 2.08. The molecule has 114 valence electrons. The molecule has 22 heavy (non-hydrogen) atoms. The molecule has 3 heterocycles. The molecule has 0 aliphatic carbocycles. The van der Waals surface area contributed by atoms with Gasteiger partial charge in [0.1, 0.15) is 0 Å². The Bertz CT molecular complexity index is 692. The molecule has 1 aromatic carbocycles. The van der Waals surface area contributed by atoms with Crippen LogP contribution in [0.15, 0.2) is 34.9 Å². The number of fused-ring (bicyclic) bond motifs is 2. The number of aryl methyl sites for hydroxylation is 1. The summed E-state index contributed by atoms with van der Waals surface area (Å²) in [5, 5.41) is 3.06. The van der Waals surface area contributed by atoms with Gasteiger partial charge in [-0.05, 0) is 25.8 Å². The van der Waals surface area contributed by atoms with E-state index in [4.69, 9.17) is 4.42 Å². The third-order valence-electron chi connectivity index (χ3n) is 4.69. The highest BCUT2D eigenvalue weighted by molar-refractivity contribution is 5.90. The average molecular weight is 297 g/mol. The number of carbonyl (C=O) groups excluding carboxylic acids is 1. The topological polar surface area (TPSA) is 58.4 Å². The second-order valence-corrected chi connectivity index (χ2v) is 6.28. The van der Waals surface area contributed by atoms with Crippen molar-refractivity contribution in [2.45, 2.75) is 19.4 Å². The monoisotopic (exact) mass is 297 g/mol. The van der Waals surface area contributed by atoms with E-state index in [0.29, 0.717) is 11.7 Å². The standard InChI is InChI=1S/C17H19N3O2/c1-11-2-4-12(5-3-11)15-8-18-17(22-15)16(21)19-14-10-20-7-6-13(14)9-20/h2-5,8,13-14H,6-7,9-10H2,1H3,(H,19,21)/t13-,14?/m0/s1. The van der Waals surface area contributed by atoms with E-state index in [9.17, 15) is 4.79 Å². The van der Waals surface area contributed by atoms with Gasteiger partial charge in [0.25, 0.3) is 5.89 Å². The van der Waals surface area contributed by atoms with Crippen LogP contribution in [0.2, 0.25) is 0 Å². The van der Waals surface area contributed by atoms with Crippen LogP contribution in [0.5, 0.6) is 0 Å². The van der Waals surface area contributed by atoms with Crippen molar-refractivity contribution in [3.05, 3.63) is 41.9 Å². The first-order valence-electron chi connectivity index (χ1n) is 7.75. The fraction of sp³-hybridized carbons (Fsp3) is 0.412. The number of hydrogen-bond donors (Lipinski definition) is 1. The Morgan fingerprint density at radius 1 is 1.32 bits per heavy atom. The summed E-state index contributed by atoms with van der Waals surface area (Å²) in [7, 11) is 0. The second kappa shape index (κ2) is 5.25. The molecule has 0 saturated carbocycles. The quantitative estimate of drug-likeness (QED) is 0.942. The number of carbonyl (C=O) groups is 1. The number of aromatic nitrogens is 1. The van der Waals surface area contributed by atoms with Gasteiger partial charge < -0.3 is 14.6 Å². The summed E-state index contributed by atoms with van der Waals surface area (Å²) < 4.78 is 5.62. The number of nitrogens with one attached hydrogen (secondary N) is 1. The molecule has 0 radical (unpaired) electrons. The molecule has 2 fully saturated rings. The Morgan fingerprint density at radius 3 is 2.82 bits per heavy atom. The zero-order valence-corrected chi connectivity index (χ0v) is 12.6. The van der Waals surface area contributed by atoms with E-state index >= 15 is 0 Å². The lowest BCUT2D eigenvalue weighted by atomic mass is 10.0. The lowest BCUT2D eigenvalue weighted by molar-refractivity contribution is 0.0890. The van der Waals surface area contributed by atoms with Crippen molar-refractivity contribution >= 4 is 5.91 Å². The molecule has 1 N–H and O–H groups in total. The van der Waals surface area contributed by atoms with E-state index in [0.717, 1.165) is 25.2 Å². The molecule has 4 rings (SSSR count). The van der Waals surface area contributed by atoms with Crippen LogP contribution < -0.4 is 5.32 Å². The summed E-state index contributed by atoms with van der Waals surface area (Å²) in [5.41, 5.74) is 2.12. The van der Waals surface area contributed by atoms with Gasteiger partial charge in [0.15, 0.2) is 5.76 Å². The number of piperidine rings is 1. The van der Waals surface area contributed by atoms with Crippen LogP contribution in [0.1, 0.15) is 22.7 Å². The first-order chi connectivity index (χ1) is 10.7. The molecule has 5 nitrogen and oxygen atoms in total. The minimum Gasteiger partial charge on any atom is -0.432 e. The molecular weight excluding hydrogens is 278 g/mol. The van der Waals surface area contributed by atoms with Crippen molar-refractivity contribution in [2.24, 2.45) is 5.92 Å². The summed E-state index contributed by atoms with van der Waals surface area (Å²) in [5.74, 6) is 1.14. The molecule has 1 amide bonds. The van der Waals surface area contributed by atoms with Gasteiger partial charge in [0, 0.05) is 24.7 Å². The van der Waals surface area contributed by atoms with E-state index < -0.39 is 0 Å². The summed E-state index contributed by atoms with van der Waals surface area (Å²) in [6.45, 7) is 5.25. The van der Waals surface area contributed by atoms with Crippen LogP contribution in [0.25, 0.3) is 11.3 Å². The van der Waals surface area contributed by atoms with E-state index in [1.807, 2.05) is 31.2 Å². The maximum atomic E-state index is 12.3. The van der Waals surface area contributed by atoms with Gasteiger partial charge in [-0.1, -0.05) is 29.8 Å². The second-order valence-electron chi connectivity index (χ2n) is 6.28. The van der Waals surface area contributed by atoms with Crippen LogP contribution in [0.4, 0.5) is 0 Å². The highest BCUT2D eigenvalue weighted by Gasteiger charge is 2.39. The highest BCUT2D eigenvalue weighted by atomic mass is 16.4. The Balaban J connectivity index is 1.46. The van der Waals surface area contributed by atoms with Crippen LogP contribution in [-0.4, -0.2) is 41.5 Å². The molecule has 2 aliphatic rings. The van der Waals surface area contributed by atoms with Crippen LogP contribution in [-0.2, 0) is 0 Å². The largest absolute Gasteiger partial charge is 0.432 e. The minimum atomic E-state index is -0.211. The number of hydrogen-bond acceptors (Lipinski definition) is 4. The predicted molar refractivity (Wildman–Crippen MR) is 82.5 cm³/mol. The van der Waals surface area contributed by atoms with Crippen molar-refractivity contribution in [3.63, 3.8) is 0 Å². The molecule has 5 heteroatoms. The summed E-state index contributed by atoms with van der Waals surface area (Å²) in [6.07, 6.45) is 2.79. The fourth-order valence-electron chi connectivity index (χ4n) is 3.41. The van der Waals surface area contributed by atoms with Crippen molar-refractivity contribution in [2.75, 3.05) is 19.6 Å². The molecule has 0 spiro atoms. The van der Waals surface area contributed by atoms with E-state index in [1.165, 1.54) is 12.0 Å². The van der Waals surface area contributed by atoms with Crippen LogP contribution in [0, 0.1) is 12.8 Å². The average Bonchev–Trinajstić information content (AvgIpc) is 3.24. The van der Waals surface area contributed by atoms with Crippen LogP contribution >= 0.6 is 0 Å². The van der Waals surface area contributed by atoms with Gasteiger partial charge in [-0.2, -0.15) is 0 Å². The normalized spacial score (nSPS) is 26.3.